The highest BCUT2D eigenvalue weighted by atomic mass is 16.3. The fourth-order valence-electron chi connectivity index (χ4n) is 1.93. The van der Waals surface area contributed by atoms with Crippen LogP contribution in [0.4, 0.5) is 0 Å². The van der Waals surface area contributed by atoms with E-state index in [1.165, 1.54) is 11.2 Å². The summed E-state index contributed by atoms with van der Waals surface area (Å²) in [6, 6.07) is 3.18. The lowest BCUT2D eigenvalue weighted by Gasteiger charge is -2.20. The molecule has 1 atom stereocenters. The molecule has 6 heteroatoms. The molecule has 0 radical (unpaired) electrons. The minimum atomic E-state index is -0.444. The molecule has 0 spiro atoms. The first-order valence-electron chi connectivity index (χ1n) is 5.82. The second-order valence-electron chi connectivity index (χ2n) is 4.42. The van der Waals surface area contributed by atoms with Gasteiger partial charge in [-0.1, -0.05) is 0 Å². The van der Waals surface area contributed by atoms with Crippen molar-refractivity contribution in [1.82, 2.24) is 9.80 Å². The Morgan fingerprint density at radius 2 is 2.39 bits per heavy atom. The van der Waals surface area contributed by atoms with Crippen molar-refractivity contribution in [2.45, 2.75) is 12.5 Å². The molecule has 1 N–H and O–H groups in total. The summed E-state index contributed by atoms with van der Waals surface area (Å²) in [6.07, 6.45) is 1.57. The molecule has 2 heterocycles. The number of likely N-dealkylation sites (N-methyl/N-ethyl adjacent to an activating group) is 1. The van der Waals surface area contributed by atoms with Crippen LogP contribution < -0.4 is 0 Å². The van der Waals surface area contributed by atoms with E-state index < -0.39 is 6.10 Å². The molecule has 1 aliphatic heterocycles. The maximum atomic E-state index is 11.9. The lowest BCUT2D eigenvalue weighted by Crippen LogP contribution is -2.40. The van der Waals surface area contributed by atoms with Gasteiger partial charge in [0.1, 0.15) is 0 Å². The molecule has 2 amide bonds. The van der Waals surface area contributed by atoms with Gasteiger partial charge in [0.15, 0.2) is 5.76 Å². The molecule has 2 rings (SSSR count). The van der Waals surface area contributed by atoms with E-state index in [-0.39, 0.29) is 24.1 Å². The lowest BCUT2D eigenvalue weighted by molar-refractivity contribution is -0.131. The van der Waals surface area contributed by atoms with Crippen LogP contribution in [-0.2, 0) is 4.79 Å². The molecular weight excluding hydrogens is 236 g/mol. The Kier molecular flexibility index (Phi) is 3.66. The van der Waals surface area contributed by atoms with Crippen molar-refractivity contribution in [3.05, 3.63) is 24.2 Å². The van der Waals surface area contributed by atoms with E-state index in [0.29, 0.717) is 19.5 Å². The average Bonchev–Trinajstić information content (AvgIpc) is 2.98. The highest BCUT2D eigenvalue weighted by Crippen LogP contribution is 2.10. The van der Waals surface area contributed by atoms with Crippen LogP contribution in [0.25, 0.3) is 0 Å². The number of carbonyl (C=O) groups excluding carboxylic acids is 2. The number of furan rings is 1. The predicted molar refractivity (Wildman–Crippen MR) is 62.9 cm³/mol. The van der Waals surface area contributed by atoms with E-state index in [1.54, 1.807) is 24.1 Å². The molecule has 1 aromatic heterocycles. The van der Waals surface area contributed by atoms with Gasteiger partial charge in [-0.25, -0.2) is 0 Å². The monoisotopic (exact) mass is 252 g/mol. The first-order chi connectivity index (χ1) is 8.58. The molecule has 98 valence electrons. The van der Waals surface area contributed by atoms with Gasteiger partial charge in [-0.3, -0.25) is 9.59 Å². The first kappa shape index (κ1) is 12.6. The van der Waals surface area contributed by atoms with E-state index in [2.05, 4.69) is 0 Å². The standard InChI is InChI=1S/C12H16N2O4/c1-13(12(17)10-3-2-6-18-10)8-11(16)14-5-4-9(15)7-14/h2-3,6,9,15H,4-5,7-8H2,1H3. The maximum Gasteiger partial charge on any atom is 0.289 e. The van der Waals surface area contributed by atoms with Crippen LogP contribution >= 0.6 is 0 Å². The number of nitrogens with zero attached hydrogens (tertiary/aromatic N) is 2. The van der Waals surface area contributed by atoms with Crippen LogP contribution in [0.3, 0.4) is 0 Å². The van der Waals surface area contributed by atoms with E-state index >= 15 is 0 Å². The summed E-state index contributed by atoms with van der Waals surface area (Å²) in [5.74, 6) is -0.270. The summed E-state index contributed by atoms with van der Waals surface area (Å²) in [4.78, 5) is 26.6. The third-order valence-electron chi connectivity index (χ3n) is 2.97. The van der Waals surface area contributed by atoms with Crippen molar-refractivity contribution < 1.29 is 19.1 Å². The highest BCUT2D eigenvalue weighted by molar-refractivity contribution is 5.94. The molecule has 1 aliphatic rings. The topological polar surface area (TPSA) is 74.0 Å². The normalized spacial score (nSPS) is 19.0. The Labute approximate surface area is 105 Å². The van der Waals surface area contributed by atoms with Crippen LogP contribution in [0.5, 0.6) is 0 Å². The molecular formula is C12H16N2O4. The minimum Gasteiger partial charge on any atom is -0.459 e. The lowest BCUT2D eigenvalue weighted by atomic mass is 10.3. The van der Waals surface area contributed by atoms with E-state index in [1.807, 2.05) is 0 Å². The molecule has 0 saturated carbocycles. The number of rotatable bonds is 3. The van der Waals surface area contributed by atoms with Crippen molar-refractivity contribution >= 4 is 11.8 Å². The van der Waals surface area contributed by atoms with Gasteiger partial charge >= 0.3 is 0 Å². The molecule has 0 bridgehead atoms. The molecule has 1 fully saturated rings. The number of aliphatic hydroxyl groups excluding tert-OH is 1. The molecule has 0 aliphatic carbocycles. The summed E-state index contributed by atoms with van der Waals surface area (Å²) in [6.45, 7) is 0.886. The number of hydrogen-bond acceptors (Lipinski definition) is 4. The largest absolute Gasteiger partial charge is 0.459 e. The van der Waals surface area contributed by atoms with E-state index in [0.717, 1.165) is 0 Å². The van der Waals surface area contributed by atoms with Gasteiger partial charge in [0.2, 0.25) is 5.91 Å². The second-order valence-corrected chi connectivity index (χ2v) is 4.42. The van der Waals surface area contributed by atoms with Crippen LogP contribution in [0.15, 0.2) is 22.8 Å². The number of likely N-dealkylation sites (tertiary alicyclic amines) is 1. The SMILES string of the molecule is CN(CC(=O)N1CCC(O)C1)C(=O)c1ccco1. The van der Waals surface area contributed by atoms with Gasteiger partial charge in [-0.15, -0.1) is 0 Å². The molecule has 1 aromatic rings. The maximum absolute atomic E-state index is 11.9. The Bertz CT molecular complexity index is 429. The van der Waals surface area contributed by atoms with Crippen molar-refractivity contribution in [2.75, 3.05) is 26.7 Å². The van der Waals surface area contributed by atoms with Gasteiger partial charge in [0, 0.05) is 20.1 Å². The molecule has 1 saturated heterocycles. The van der Waals surface area contributed by atoms with Gasteiger partial charge in [-0.05, 0) is 18.6 Å². The van der Waals surface area contributed by atoms with Crippen LogP contribution in [-0.4, -0.2) is 59.5 Å². The number of amides is 2. The Morgan fingerprint density at radius 1 is 1.61 bits per heavy atom. The summed E-state index contributed by atoms with van der Waals surface area (Å²) in [7, 11) is 1.55. The zero-order valence-electron chi connectivity index (χ0n) is 10.2. The highest BCUT2D eigenvalue weighted by Gasteiger charge is 2.26. The third kappa shape index (κ3) is 2.70. The molecule has 0 aromatic carbocycles. The first-order valence-corrected chi connectivity index (χ1v) is 5.82. The zero-order valence-corrected chi connectivity index (χ0v) is 10.2. The molecule has 6 nitrogen and oxygen atoms in total. The van der Waals surface area contributed by atoms with Crippen molar-refractivity contribution in [3.63, 3.8) is 0 Å². The fraction of sp³-hybridized carbons (Fsp3) is 0.500. The van der Waals surface area contributed by atoms with Gasteiger partial charge in [-0.2, -0.15) is 0 Å². The quantitative estimate of drug-likeness (QED) is 0.818. The molecule has 1 unspecified atom stereocenters. The second kappa shape index (κ2) is 5.22. The smallest absolute Gasteiger partial charge is 0.289 e. The number of hydrogen-bond donors (Lipinski definition) is 1. The van der Waals surface area contributed by atoms with Gasteiger partial charge in [0.05, 0.1) is 18.9 Å². The van der Waals surface area contributed by atoms with Crippen LogP contribution in [0, 0.1) is 0 Å². The Balaban J connectivity index is 1.89. The number of β-amino-alcohol motifs (C(OH)–C–C–N with tert-alkyl or cyclic N) is 1. The summed E-state index contributed by atoms with van der Waals surface area (Å²) >= 11 is 0. The Morgan fingerprint density at radius 3 is 2.94 bits per heavy atom. The van der Waals surface area contributed by atoms with E-state index in [9.17, 15) is 14.7 Å². The van der Waals surface area contributed by atoms with Crippen molar-refractivity contribution in [3.8, 4) is 0 Å². The van der Waals surface area contributed by atoms with Crippen LogP contribution in [0.2, 0.25) is 0 Å². The number of aliphatic hydroxyl groups is 1. The van der Waals surface area contributed by atoms with E-state index in [4.69, 9.17) is 4.42 Å². The van der Waals surface area contributed by atoms with Crippen molar-refractivity contribution in [1.29, 1.82) is 0 Å². The van der Waals surface area contributed by atoms with Gasteiger partial charge in [0.25, 0.3) is 5.91 Å². The minimum absolute atomic E-state index is 0.00769. The Hall–Kier alpha value is -1.82. The number of carbonyl (C=O) groups is 2. The van der Waals surface area contributed by atoms with Crippen LogP contribution in [0.1, 0.15) is 17.0 Å². The predicted octanol–water partition coefficient (Wildman–Crippen LogP) is -0.0552. The van der Waals surface area contributed by atoms with Crippen molar-refractivity contribution in [2.24, 2.45) is 0 Å². The fourth-order valence-corrected chi connectivity index (χ4v) is 1.93. The zero-order chi connectivity index (χ0) is 13.1. The average molecular weight is 252 g/mol. The third-order valence-corrected chi connectivity index (χ3v) is 2.97. The summed E-state index contributed by atoms with van der Waals surface area (Å²) in [5, 5.41) is 9.35. The summed E-state index contributed by atoms with van der Waals surface area (Å²) in [5.41, 5.74) is 0. The summed E-state index contributed by atoms with van der Waals surface area (Å²) < 4.78 is 4.98. The molecule has 18 heavy (non-hydrogen) atoms. The van der Waals surface area contributed by atoms with Gasteiger partial charge < -0.3 is 19.3 Å².